The lowest BCUT2D eigenvalue weighted by molar-refractivity contribution is -0.134. The summed E-state index contributed by atoms with van der Waals surface area (Å²) in [5.41, 5.74) is 0.244. The number of hydrogen-bond donors (Lipinski definition) is 2. The first-order chi connectivity index (χ1) is 12.1. The van der Waals surface area contributed by atoms with Gasteiger partial charge in [0.25, 0.3) is 0 Å². The normalized spacial score (nSPS) is 21.8. The molecule has 1 atom stereocenters. The zero-order valence-electron chi connectivity index (χ0n) is 14.1. The molecule has 2 fully saturated rings. The second kappa shape index (κ2) is 8.31. The first-order valence-electron chi connectivity index (χ1n) is 8.71. The standard InChI is InChI=1S/C18H24N2O5/c21-17(11-14-12-24-10-7-19-14)20-8-5-16(6-9-20)25-15-3-1-13(2-4-15)18(22)23/h1-4,14,16,19H,5-12H2,(H,22,23)/t14-/m1/s1. The molecule has 0 bridgehead atoms. The van der Waals surface area contributed by atoms with Gasteiger partial charge in [0, 0.05) is 44.9 Å². The van der Waals surface area contributed by atoms with Crippen molar-refractivity contribution in [1.82, 2.24) is 10.2 Å². The molecule has 1 aromatic carbocycles. The van der Waals surface area contributed by atoms with Crippen LogP contribution in [0.25, 0.3) is 0 Å². The Morgan fingerprint density at radius 1 is 1.24 bits per heavy atom. The molecule has 7 nitrogen and oxygen atoms in total. The van der Waals surface area contributed by atoms with Crippen LogP contribution >= 0.6 is 0 Å². The summed E-state index contributed by atoms with van der Waals surface area (Å²) in [5.74, 6) is -0.123. The zero-order valence-corrected chi connectivity index (χ0v) is 14.1. The third-order valence-electron chi connectivity index (χ3n) is 4.62. The molecule has 0 unspecified atom stereocenters. The van der Waals surface area contributed by atoms with Crippen molar-refractivity contribution in [2.45, 2.75) is 31.4 Å². The van der Waals surface area contributed by atoms with E-state index in [9.17, 15) is 9.59 Å². The molecule has 2 saturated heterocycles. The number of morpholine rings is 1. The number of ether oxygens (including phenoxy) is 2. The third kappa shape index (κ3) is 4.93. The minimum absolute atomic E-state index is 0.0517. The molecule has 0 saturated carbocycles. The third-order valence-corrected chi connectivity index (χ3v) is 4.62. The average Bonchev–Trinajstić information content (AvgIpc) is 2.63. The van der Waals surface area contributed by atoms with Crippen LogP contribution in [-0.2, 0) is 9.53 Å². The number of carboxylic acids is 1. The molecule has 0 aromatic heterocycles. The number of hydrogen-bond acceptors (Lipinski definition) is 5. The molecule has 2 N–H and O–H groups in total. The Morgan fingerprint density at radius 2 is 1.96 bits per heavy atom. The summed E-state index contributed by atoms with van der Waals surface area (Å²) in [6.45, 7) is 3.47. The quantitative estimate of drug-likeness (QED) is 0.829. The van der Waals surface area contributed by atoms with E-state index in [4.69, 9.17) is 14.6 Å². The molecule has 136 valence electrons. The lowest BCUT2D eigenvalue weighted by Gasteiger charge is -2.33. The van der Waals surface area contributed by atoms with Crippen LogP contribution in [0, 0.1) is 0 Å². The van der Waals surface area contributed by atoms with Crippen LogP contribution in [0.2, 0.25) is 0 Å². The van der Waals surface area contributed by atoms with E-state index in [2.05, 4.69) is 5.32 Å². The van der Waals surface area contributed by atoms with Gasteiger partial charge < -0.3 is 24.8 Å². The maximum absolute atomic E-state index is 12.4. The highest BCUT2D eigenvalue weighted by Crippen LogP contribution is 2.20. The Hall–Kier alpha value is -2.12. The van der Waals surface area contributed by atoms with Crippen LogP contribution in [-0.4, -0.2) is 66.9 Å². The predicted molar refractivity (Wildman–Crippen MR) is 90.9 cm³/mol. The van der Waals surface area contributed by atoms with Crippen molar-refractivity contribution in [3.63, 3.8) is 0 Å². The van der Waals surface area contributed by atoms with Gasteiger partial charge in [-0.2, -0.15) is 0 Å². The second-order valence-electron chi connectivity index (χ2n) is 6.46. The van der Waals surface area contributed by atoms with Crippen molar-refractivity contribution in [1.29, 1.82) is 0 Å². The number of carboxylic acid groups (broad SMARTS) is 1. The van der Waals surface area contributed by atoms with Gasteiger partial charge in [0.15, 0.2) is 0 Å². The number of nitrogens with zero attached hydrogens (tertiary/aromatic N) is 1. The summed E-state index contributed by atoms with van der Waals surface area (Å²) >= 11 is 0. The molecule has 2 heterocycles. The molecular weight excluding hydrogens is 324 g/mol. The number of likely N-dealkylation sites (tertiary alicyclic amines) is 1. The maximum Gasteiger partial charge on any atom is 0.335 e. The van der Waals surface area contributed by atoms with Crippen LogP contribution in [0.4, 0.5) is 0 Å². The highest BCUT2D eigenvalue weighted by Gasteiger charge is 2.26. The fraction of sp³-hybridized carbons (Fsp3) is 0.556. The van der Waals surface area contributed by atoms with Gasteiger partial charge in [0.1, 0.15) is 11.9 Å². The topological polar surface area (TPSA) is 88.1 Å². The molecule has 0 aliphatic carbocycles. The lowest BCUT2D eigenvalue weighted by atomic mass is 10.1. The Labute approximate surface area is 146 Å². The number of nitrogens with one attached hydrogen (secondary N) is 1. The molecule has 25 heavy (non-hydrogen) atoms. The maximum atomic E-state index is 12.4. The Kier molecular flexibility index (Phi) is 5.88. The van der Waals surface area contributed by atoms with Crippen LogP contribution in [0.15, 0.2) is 24.3 Å². The highest BCUT2D eigenvalue weighted by molar-refractivity contribution is 5.87. The number of carbonyl (C=O) groups excluding carboxylic acids is 1. The van der Waals surface area contributed by atoms with Crippen molar-refractivity contribution in [3.8, 4) is 5.75 Å². The summed E-state index contributed by atoms with van der Waals surface area (Å²) in [4.78, 5) is 25.1. The SMILES string of the molecule is O=C(O)c1ccc(OC2CCN(C(=O)C[C@@H]3COCCN3)CC2)cc1. The van der Waals surface area contributed by atoms with E-state index in [1.54, 1.807) is 12.1 Å². The molecule has 1 amide bonds. The summed E-state index contributed by atoms with van der Waals surface area (Å²) in [6, 6.07) is 6.54. The van der Waals surface area contributed by atoms with Gasteiger partial charge in [0.2, 0.25) is 5.91 Å². The van der Waals surface area contributed by atoms with Crippen LogP contribution < -0.4 is 10.1 Å². The van der Waals surface area contributed by atoms with E-state index in [1.165, 1.54) is 12.1 Å². The molecule has 3 rings (SSSR count). The molecule has 0 spiro atoms. The fourth-order valence-electron chi connectivity index (χ4n) is 3.18. The minimum atomic E-state index is -0.948. The predicted octanol–water partition coefficient (Wildman–Crippen LogP) is 1.13. The van der Waals surface area contributed by atoms with E-state index >= 15 is 0 Å². The number of rotatable bonds is 5. The summed E-state index contributed by atoms with van der Waals surface area (Å²) in [7, 11) is 0. The number of amides is 1. The van der Waals surface area contributed by atoms with Gasteiger partial charge in [0.05, 0.1) is 18.8 Å². The van der Waals surface area contributed by atoms with Crippen LogP contribution in [0.3, 0.4) is 0 Å². The van der Waals surface area contributed by atoms with E-state index in [0.29, 0.717) is 38.5 Å². The van der Waals surface area contributed by atoms with Gasteiger partial charge in [-0.1, -0.05) is 0 Å². The molecule has 2 aliphatic rings. The Bertz CT molecular complexity index is 590. The molecule has 1 aromatic rings. The van der Waals surface area contributed by atoms with Crippen molar-refractivity contribution in [2.75, 3.05) is 32.8 Å². The van der Waals surface area contributed by atoms with Crippen molar-refractivity contribution >= 4 is 11.9 Å². The van der Waals surface area contributed by atoms with Crippen molar-refractivity contribution in [3.05, 3.63) is 29.8 Å². The van der Waals surface area contributed by atoms with Crippen LogP contribution in [0.5, 0.6) is 5.75 Å². The monoisotopic (exact) mass is 348 g/mol. The molecular formula is C18H24N2O5. The fourth-order valence-corrected chi connectivity index (χ4v) is 3.18. The Morgan fingerprint density at radius 3 is 2.56 bits per heavy atom. The zero-order chi connectivity index (χ0) is 17.6. The smallest absolute Gasteiger partial charge is 0.335 e. The number of piperidine rings is 1. The van der Waals surface area contributed by atoms with Gasteiger partial charge in [-0.15, -0.1) is 0 Å². The highest BCUT2D eigenvalue weighted by atomic mass is 16.5. The first kappa shape index (κ1) is 17.7. The van der Waals surface area contributed by atoms with Crippen LogP contribution in [0.1, 0.15) is 29.6 Å². The van der Waals surface area contributed by atoms with E-state index in [1.807, 2.05) is 4.90 Å². The number of carbonyl (C=O) groups is 2. The summed E-state index contributed by atoms with van der Waals surface area (Å²) in [5, 5.41) is 12.2. The number of benzene rings is 1. The van der Waals surface area contributed by atoms with Gasteiger partial charge in [-0.05, 0) is 24.3 Å². The van der Waals surface area contributed by atoms with Gasteiger partial charge in [-0.25, -0.2) is 4.79 Å². The van der Waals surface area contributed by atoms with Crippen molar-refractivity contribution < 1.29 is 24.2 Å². The van der Waals surface area contributed by atoms with E-state index in [0.717, 1.165) is 19.4 Å². The van der Waals surface area contributed by atoms with E-state index < -0.39 is 5.97 Å². The van der Waals surface area contributed by atoms with Gasteiger partial charge in [-0.3, -0.25) is 4.79 Å². The van der Waals surface area contributed by atoms with Crippen molar-refractivity contribution in [2.24, 2.45) is 0 Å². The van der Waals surface area contributed by atoms with E-state index in [-0.39, 0.29) is 23.6 Å². The molecule has 2 aliphatic heterocycles. The second-order valence-corrected chi connectivity index (χ2v) is 6.46. The summed E-state index contributed by atoms with van der Waals surface area (Å²) < 4.78 is 11.3. The van der Waals surface area contributed by atoms with Gasteiger partial charge >= 0.3 is 5.97 Å². The lowest BCUT2D eigenvalue weighted by Crippen LogP contribution is -2.47. The molecule has 7 heteroatoms. The largest absolute Gasteiger partial charge is 0.490 e. The molecule has 0 radical (unpaired) electrons. The minimum Gasteiger partial charge on any atom is -0.490 e. The average molecular weight is 348 g/mol. The first-order valence-corrected chi connectivity index (χ1v) is 8.71. The Balaban J connectivity index is 1.43. The summed E-state index contributed by atoms with van der Waals surface area (Å²) in [6.07, 6.45) is 2.08. The number of aromatic carboxylic acids is 1.